The zero-order chi connectivity index (χ0) is 13.0. The van der Waals surface area contributed by atoms with Crippen LogP contribution in [0.2, 0.25) is 0 Å². The van der Waals surface area contributed by atoms with Crippen molar-refractivity contribution in [3.8, 4) is 5.75 Å². The van der Waals surface area contributed by atoms with Crippen molar-refractivity contribution < 1.29 is 10.0 Å². The molecule has 0 spiro atoms. The number of phenols is 1. The van der Waals surface area contributed by atoms with E-state index >= 15 is 0 Å². The molecule has 1 aromatic rings. The molecule has 0 aliphatic heterocycles. The Kier molecular flexibility index (Phi) is 3.90. The van der Waals surface area contributed by atoms with Crippen molar-refractivity contribution in [1.29, 1.82) is 0 Å². The van der Waals surface area contributed by atoms with Crippen LogP contribution in [0.25, 0.3) is 10.4 Å². The van der Waals surface area contributed by atoms with E-state index in [4.69, 9.17) is 5.53 Å². The molecule has 17 heavy (non-hydrogen) atoms. The molecule has 1 N–H and O–H groups in total. The average molecular weight is 236 g/mol. The Morgan fingerprint density at radius 2 is 2.24 bits per heavy atom. The zero-order valence-corrected chi connectivity index (χ0v) is 9.49. The predicted octanol–water partition coefficient (Wildman–Crippen LogP) is 3.44. The quantitative estimate of drug-likeness (QED) is 0.284. The molecule has 0 fully saturated rings. The summed E-state index contributed by atoms with van der Waals surface area (Å²) in [6.45, 7) is 3.84. The van der Waals surface area contributed by atoms with E-state index in [-0.39, 0.29) is 23.0 Å². The van der Waals surface area contributed by atoms with Gasteiger partial charge in [-0.3, -0.25) is 10.1 Å². The summed E-state index contributed by atoms with van der Waals surface area (Å²) in [6.07, 6.45) is 0.474. The van der Waals surface area contributed by atoms with E-state index in [1.54, 1.807) is 0 Å². The Hall–Kier alpha value is -2.27. The highest BCUT2D eigenvalue weighted by atomic mass is 16.6. The lowest BCUT2D eigenvalue weighted by Gasteiger charge is -2.09. The maximum absolute atomic E-state index is 10.7. The molecule has 7 heteroatoms. The lowest BCUT2D eigenvalue weighted by atomic mass is 10.0. The molecule has 0 heterocycles. The molecule has 0 saturated carbocycles. The van der Waals surface area contributed by atoms with Crippen LogP contribution in [0, 0.1) is 16.0 Å². The molecular weight excluding hydrogens is 224 g/mol. The van der Waals surface area contributed by atoms with Crippen LogP contribution in [0.15, 0.2) is 17.2 Å². The fraction of sp³-hybridized carbons (Fsp3) is 0.400. The third-order valence-electron chi connectivity index (χ3n) is 2.14. The molecule has 0 aliphatic rings. The van der Waals surface area contributed by atoms with Gasteiger partial charge in [0.25, 0.3) is 5.69 Å². The number of aromatic hydroxyl groups is 1. The van der Waals surface area contributed by atoms with E-state index in [2.05, 4.69) is 10.0 Å². The molecule has 0 unspecified atom stereocenters. The molecule has 0 saturated heterocycles. The fourth-order valence-electron chi connectivity index (χ4n) is 1.49. The monoisotopic (exact) mass is 236 g/mol. The van der Waals surface area contributed by atoms with Crippen molar-refractivity contribution >= 4 is 11.4 Å². The highest BCUT2D eigenvalue weighted by Crippen LogP contribution is 2.36. The molecular formula is C10H12N4O3. The summed E-state index contributed by atoms with van der Waals surface area (Å²) >= 11 is 0. The highest BCUT2D eigenvalue weighted by molar-refractivity contribution is 5.61. The van der Waals surface area contributed by atoms with Gasteiger partial charge in [-0.15, -0.1) is 0 Å². The first-order chi connectivity index (χ1) is 7.95. The maximum Gasteiger partial charge on any atom is 0.270 e. The highest BCUT2D eigenvalue weighted by Gasteiger charge is 2.15. The second-order valence-corrected chi connectivity index (χ2v) is 4.02. The van der Waals surface area contributed by atoms with E-state index in [1.165, 1.54) is 6.07 Å². The summed E-state index contributed by atoms with van der Waals surface area (Å²) in [7, 11) is 0. The van der Waals surface area contributed by atoms with Crippen molar-refractivity contribution in [2.45, 2.75) is 20.3 Å². The average Bonchev–Trinajstić information content (AvgIpc) is 2.23. The van der Waals surface area contributed by atoms with Crippen LogP contribution >= 0.6 is 0 Å². The Bertz CT molecular complexity index is 493. The Morgan fingerprint density at radius 3 is 2.71 bits per heavy atom. The number of non-ortho nitro benzene ring substituents is 1. The fourth-order valence-corrected chi connectivity index (χ4v) is 1.49. The molecule has 0 amide bonds. The minimum Gasteiger partial charge on any atom is -0.507 e. The predicted molar refractivity (Wildman–Crippen MR) is 62.1 cm³/mol. The van der Waals surface area contributed by atoms with Crippen LogP contribution in [0.1, 0.15) is 19.4 Å². The zero-order valence-electron chi connectivity index (χ0n) is 9.49. The van der Waals surface area contributed by atoms with Crippen LogP contribution in [-0.4, -0.2) is 10.0 Å². The first-order valence-corrected chi connectivity index (χ1v) is 5.01. The number of nitro benzene ring substituents is 1. The standard InChI is InChI=1S/C10H12N4O3/c1-6(2)3-7-4-8(14(16)17)5-9(10(7)15)12-13-11/h4-6,15H,3H2,1-2H3. The van der Waals surface area contributed by atoms with Gasteiger partial charge in [-0.25, -0.2) is 0 Å². The number of phenolic OH excluding ortho intramolecular Hbond substituents is 1. The summed E-state index contributed by atoms with van der Waals surface area (Å²) in [4.78, 5) is 12.6. The van der Waals surface area contributed by atoms with Gasteiger partial charge in [0.2, 0.25) is 0 Å². The van der Waals surface area contributed by atoms with Gasteiger partial charge in [0.05, 0.1) is 10.6 Å². The summed E-state index contributed by atoms with van der Waals surface area (Å²) in [6, 6.07) is 2.35. The normalized spacial score (nSPS) is 10.1. The van der Waals surface area contributed by atoms with Gasteiger partial charge in [0, 0.05) is 22.6 Å². The van der Waals surface area contributed by atoms with E-state index in [0.717, 1.165) is 6.07 Å². The van der Waals surface area contributed by atoms with E-state index in [1.807, 2.05) is 13.8 Å². The third-order valence-corrected chi connectivity index (χ3v) is 2.14. The number of nitrogens with zero attached hydrogens (tertiary/aromatic N) is 4. The Morgan fingerprint density at radius 1 is 1.59 bits per heavy atom. The van der Waals surface area contributed by atoms with E-state index < -0.39 is 4.92 Å². The second kappa shape index (κ2) is 5.18. The van der Waals surface area contributed by atoms with Crippen molar-refractivity contribution in [2.24, 2.45) is 11.0 Å². The number of hydrogen-bond acceptors (Lipinski definition) is 4. The minimum absolute atomic E-state index is 0.114. The largest absolute Gasteiger partial charge is 0.507 e. The summed E-state index contributed by atoms with van der Waals surface area (Å²) < 4.78 is 0. The van der Waals surface area contributed by atoms with Gasteiger partial charge < -0.3 is 5.11 Å². The van der Waals surface area contributed by atoms with Crippen molar-refractivity contribution in [1.82, 2.24) is 0 Å². The van der Waals surface area contributed by atoms with Crippen molar-refractivity contribution in [3.05, 3.63) is 38.3 Å². The smallest absolute Gasteiger partial charge is 0.270 e. The van der Waals surface area contributed by atoms with Gasteiger partial charge in [-0.05, 0) is 17.9 Å². The summed E-state index contributed by atoms with van der Waals surface area (Å²) in [5.74, 6) is 0.0314. The first-order valence-electron chi connectivity index (χ1n) is 5.01. The number of nitro groups is 1. The van der Waals surface area contributed by atoms with E-state index in [0.29, 0.717) is 12.0 Å². The van der Waals surface area contributed by atoms with Crippen LogP contribution in [0.5, 0.6) is 5.75 Å². The molecule has 0 atom stereocenters. The van der Waals surface area contributed by atoms with Crippen LogP contribution in [0.3, 0.4) is 0 Å². The number of benzene rings is 1. The Balaban J connectivity index is 3.36. The molecule has 0 aromatic heterocycles. The van der Waals surface area contributed by atoms with Crippen LogP contribution in [-0.2, 0) is 6.42 Å². The lowest BCUT2D eigenvalue weighted by Crippen LogP contribution is -1.97. The number of rotatable bonds is 4. The molecule has 1 rings (SSSR count). The molecule has 90 valence electrons. The first kappa shape index (κ1) is 12.8. The third kappa shape index (κ3) is 3.09. The number of hydrogen-bond donors (Lipinski definition) is 1. The molecule has 1 aromatic carbocycles. The molecule has 0 bridgehead atoms. The second-order valence-electron chi connectivity index (χ2n) is 4.02. The minimum atomic E-state index is -0.584. The van der Waals surface area contributed by atoms with Crippen LogP contribution in [0.4, 0.5) is 11.4 Å². The summed E-state index contributed by atoms with van der Waals surface area (Å²) in [5, 5.41) is 23.7. The summed E-state index contributed by atoms with van der Waals surface area (Å²) in [5.41, 5.74) is 8.43. The van der Waals surface area contributed by atoms with Gasteiger partial charge in [-0.1, -0.05) is 19.0 Å². The molecule has 0 radical (unpaired) electrons. The SMILES string of the molecule is CC(C)Cc1cc([N+](=O)[O-])cc(N=[N+]=[N-])c1O. The van der Waals surface area contributed by atoms with Gasteiger partial charge >= 0.3 is 0 Å². The Labute approximate surface area is 97.5 Å². The maximum atomic E-state index is 10.7. The van der Waals surface area contributed by atoms with Crippen LogP contribution < -0.4 is 0 Å². The topological polar surface area (TPSA) is 112 Å². The van der Waals surface area contributed by atoms with Crippen molar-refractivity contribution in [2.75, 3.05) is 0 Å². The van der Waals surface area contributed by atoms with Gasteiger partial charge in [0.1, 0.15) is 5.75 Å². The lowest BCUT2D eigenvalue weighted by molar-refractivity contribution is -0.384. The molecule has 0 aliphatic carbocycles. The molecule has 7 nitrogen and oxygen atoms in total. The van der Waals surface area contributed by atoms with Gasteiger partial charge in [-0.2, -0.15) is 0 Å². The number of azide groups is 1. The van der Waals surface area contributed by atoms with Crippen molar-refractivity contribution in [3.63, 3.8) is 0 Å². The van der Waals surface area contributed by atoms with Gasteiger partial charge in [0.15, 0.2) is 0 Å². The van der Waals surface area contributed by atoms with E-state index in [9.17, 15) is 15.2 Å².